The van der Waals surface area contributed by atoms with Gasteiger partial charge in [0.15, 0.2) is 0 Å². The highest BCUT2D eigenvalue weighted by Gasteiger charge is 2.50. The molecule has 1 aromatic heterocycles. The molecule has 3 N–H and O–H groups in total. The number of hydrogen-bond acceptors (Lipinski definition) is 2. The summed E-state index contributed by atoms with van der Waals surface area (Å²) in [6.07, 6.45) is 7.38. The molecule has 4 saturated carbocycles. The van der Waals surface area contributed by atoms with Crippen LogP contribution in [0.2, 0.25) is 0 Å². The Kier molecular flexibility index (Phi) is 2.95. The molecular weight excluding hydrogens is 246 g/mol. The number of aryl methyl sites for hydroxylation is 2. The van der Waals surface area contributed by atoms with Crippen molar-refractivity contribution in [2.75, 3.05) is 6.54 Å². The fraction of sp³-hybridized carbons (Fsp3) is 0.824. The summed E-state index contributed by atoms with van der Waals surface area (Å²) in [4.78, 5) is 8.29. The van der Waals surface area contributed by atoms with Crippen LogP contribution in [0.3, 0.4) is 0 Å². The van der Waals surface area contributed by atoms with Crippen LogP contribution in [-0.4, -0.2) is 16.5 Å². The average Bonchev–Trinajstić information content (AvgIpc) is 2.72. The molecule has 1 atom stereocenters. The van der Waals surface area contributed by atoms with Crippen molar-refractivity contribution >= 4 is 0 Å². The number of hydrogen-bond donors (Lipinski definition) is 2. The highest BCUT2D eigenvalue weighted by atomic mass is 14.9. The van der Waals surface area contributed by atoms with Crippen molar-refractivity contribution in [1.82, 2.24) is 9.97 Å². The molecule has 1 aromatic rings. The van der Waals surface area contributed by atoms with Gasteiger partial charge in [0.05, 0.1) is 5.69 Å². The summed E-state index contributed by atoms with van der Waals surface area (Å²) >= 11 is 0. The van der Waals surface area contributed by atoms with Crippen molar-refractivity contribution < 1.29 is 0 Å². The first-order chi connectivity index (χ1) is 9.65. The first kappa shape index (κ1) is 12.9. The summed E-state index contributed by atoms with van der Waals surface area (Å²) in [5, 5.41) is 0. The molecule has 4 bridgehead atoms. The van der Waals surface area contributed by atoms with Gasteiger partial charge in [-0.3, -0.25) is 0 Å². The molecule has 3 heteroatoms. The van der Waals surface area contributed by atoms with Gasteiger partial charge in [-0.1, -0.05) is 0 Å². The highest BCUT2D eigenvalue weighted by Crippen LogP contribution is 2.59. The molecular formula is C17H27N3. The maximum atomic E-state index is 6.18. The Labute approximate surface area is 121 Å². The third-order valence-electron chi connectivity index (χ3n) is 6.52. The van der Waals surface area contributed by atoms with Crippen LogP contribution in [-0.2, 0) is 0 Å². The number of imidazole rings is 1. The van der Waals surface area contributed by atoms with Crippen LogP contribution in [0.25, 0.3) is 0 Å². The SMILES string of the molecule is Cc1nc(C(CN)C2C3CC4CC(C3)CC2C4)[nH]c1C. The summed E-state index contributed by atoms with van der Waals surface area (Å²) in [5.41, 5.74) is 8.54. The van der Waals surface area contributed by atoms with E-state index in [1.807, 2.05) is 0 Å². The number of rotatable bonds is 3. The van der Waals surface area contributed by atoms with Crippen LogP contribution in [0.1, 0.15) is 55.2 Å². The highest BCUT2D eigenvalue weighted by molar-refractivity contribution is 5.16. The number of aromatic nitrogens is 2. The first-order valence-corrected chi connectivity index (χ1v) is 8.38. The molecule has 0 aromatic carbocycles. The Balaban J connectivity index is 1.64. The number of aromatic amines is 1. The van der Waals surface area contributed by atoms with E-state index in [4.69, 9.17) is 10.7 Å². The van der Waals surface area contributed by atoms with Gasteiger partial charge < -0.3 is 10.7 Å². The van der Waals surface area contributed by atoms with Crippen molar-refractivity contribution in [1.29, 1.82) is 0 Å². The molecule has 0 saturated heterocycles. The summed E-state index contributed by atoms with van der Waals surface area (Å²) in [5.74, 6) is 6.32. The Hall–Kier alpha value is -0.830. The quantitative estimate of drug-likeness (QED) is 0.889. The topological polar surface area (TPSA) is 54.7 Å². The molecule has 0 spiro atoms. The van der Waals surface area contributed by atoms with Gasteiger partial charge in [-0.25, -0.2) is 4.98 Å². The second-order valence-electron chi connectivity index (χ2n) is 7.68. The molecule has 5 rings (SSSR count). The zero-order valence-corrected chi connectivity index (χ0v) is 12.7. The summed E-state index contributed by atoms with van der Waals surface area (Å²) in [6, 6.07) is 0. The van der Waals surface area contributed by atoms with Crippen molar-refractivity contribution in [2.45, 2.75) is 51.9 Å². The van der Waals surface area contributed by atoms with Gasteiger partial charge in [0, 0.05) is 18.2 Å². The molecule has 20 heavy (non-hydrogen) atoms. The van der Waals surface area contributed by atoms with Gasteiger partial charge in [0.2, 0.25) is 0 Å². The molecule has 0 amide bonds. The van der Waals surface area contributed by atoms with Crippen LogP contribution >= 0.6 is 0 Å². The fourth-order valence-electron chi connectivity index (χ4n) is 5.83. The molecule has 4 aliphatic rings. The second kappa shape index (κ2) is 4.59. The largest absolute Gasteiger partial charge is 0.346 e. The van der Waals surface area contributed by atoms with Crippen LogP contribution in [0, 0.1) is 43.4 Å². The van der Waals surface area contributed by atoms with E-state index < -0.39 is 0 Å². The van der Waals surface area contributed by atoms with E-state index in [9.17, 15) is 0 Å². The minimum Gasteiger partial charge on any atom is -0.346 e. The van der Waals surface area contributed by atoms with Gasteiger partial charge in [0.25, 0.3) is 0 Å². The van der Waals surface area contributed by atoms with Crippen molar-refractivity contribution in [3.05, 3.63) is 17.2 Å². The monoisotopic (exact) mass is 273 g/mol. The van der Waals surface area contributed by atoms with E-state index in [0.717, 1.165) is 41.8 Å². The Morgan fingerprint density at radius 2 is 1.70 bits per heavy atom. The summed E-state index contributed by atoms with van der Waals surface area (Å²) in [6.45, 7) is 4.97. The smallest absolute Gasteiger partial charge is 0.111 e. The lowest BCUT2D eigenvalue weighted by Gasteiger charge is -2.56. The zero-order valence-electron chi connectivity index (χ0n) is 12.7. The van der Waals surface area contributed by atoms with Crippen LogP contribution in [0.15, 0.2) is 0 Å². The minimum absolute atomic E-state index is 0.456. The molecule has 1 unspecified atom stereocenters. The molecule has 110 valence electrons. The average molecular weight is 273 g/mol. The summed E-state index contributed by atoms with van der Waals surface area (Å²) < 4.78 is 0. The third-order valence-corrected chi connectivity index (χ3v) is 6.52. The Morgan fingerprint density at radius 1 is 1.10 bits per heavy atom. The molecule has 0 aliphatic heterocycles. The second-order valence-corrected chi connectivity index (χ2v) is 7.68. The summed E-state index contributed by atoms with van der Waals surface area (Å²) in [7, 11) is 0. The van der Waals surface area contributed by atoms with Crippen molar-refractivity contribution in [2.24, 2.45) is 35.3 Å². The molecule has 0 radical (unpaired) electrons. The van der Waals surface area contributed by atoms with Crippen LogP contribution in [0.4, 0.5) is 0 Å². The number of nitrogens with zero attached hydrogens (tertiary/aromatic N) is 1. The maximum Gasteiger partial charge on any atom is 0.111 e. The van der Waals surface area contributed by atoms with Gasteiger partial charge in [-0.05, 0) is 75.5 Å². The van der Waals surface area contributed by atoms with E-state index in [1.165, 1.54) is 43.6 Å². The molecule has 4 fully saturated rings. The molecule has 3 nitrogen and oxygen atoms in total. The Bertz CT molecular complexity index is 457. The van der Waals surface area contributed by atoms with Gasteiger partial charge in [0.1, 0.15) is 5.82 Å². The van der Waals surface area contributed by atoms with Crippen LogP contribution in [0.5, 0.6) is 0 Å². The van der Waals surface area contributed by atoms with Crippen molar-refractivity contribution in [3.63, 3.8) is 0 Å². The van der Waals surface area contributed by atoms with Crippen LogP contribution < -0.4 is 5.73 Å². The lowest BCUT2D eigenvalue weighted by Crippen LogP contribution is -2.48. The predicted molar refractivity (Wildman–Crippen MR) is 80.4 cm³/mol. The van der Waals surface area contributed by atoms with Gasteiger partial charge in [-0.2, -0.15) is 0 Å². The zero-order chi connectivity index (χ0) is 13.9. The first-order valence-electron chi connectivity index (χ1n) is 8.38. The van der Waals surface area contributed by atoms with E-state index in [-0.39, 0.29) is 0 Å². The minimum atomic E-state index is 0.456. The number of nitrogens with one attached hydrogen (secondary N) is 1. The predicted octanol–water partition coefficient (Wildman–Crippen LogP) is 3.14. The number of H-pyrrole nitrogens is 1. The number of nitrogens with two attached hydrogens (primary N) is 1. The lowest BCUT2D eigenvalue weighted by atomic mass is 9.49. The standard InChI is InChI=1S/C17H27N3/c1-9-10(2)20-17(19-9)15(8-18)16-13-4-11-3-12(6-13)7-14(16)5-11/h11-16H,3-8,18H2,1-2H3,(H,19,20). The molecule has 4 aliphatic carbocycles. The van der Waals surface area contributed by atoms with E-state index >= 15 is 0 Å². The molecule has 1 heterocycles. The van der Waals surface area contributed by atoms with E-state index in [1.54, 1.807) is 0 Å². The lowest BCUT2D eigenvalue weighted by molar-refractivity contribution is -0.0477. The maximum absolute atomic E-state index is 6.18. The normalized spacial score (nSPS) is 40.2. The van der Waals surface area contributed by atoms with E-state index in [2.05, 4.69) is 18.8 Å². The Morgan fingerprint density at radius 3 is 2.15 bits per heavy atom. The van der Waals surface area contributed by atoms with E-state index in [0.29, 0.717) is 5.92 Å². The van der Waals surface area contributed by atoms with Gasteiger partial charge >= 0.3 is 0 Å². The van der Waals surface area contributed by atoms with Crippen molar-refractivity contribution in [3.8, 4) is 0 Å². The third kappa shape index (κ3) is 1.86. The van der Waals surface area contributed by atoms with Gasteiger partial charge in [-0.15, -0.1) is 0 Å². The fourth-order valence-corrected chi connectivity index (χ4v) is 5.83.